The Hall–Kier alpha value is -2.44. The zero-order chi connectivity index (χ0) is 23.0. The van der Waals surface area contributed by atoms with Crippen LogP contribution in [-0.2, 0) is 6.54 Å². The lowest BCUT2D eigenvalue weighted by atomic mass is 9.97. The summed E-state index contributed by atoms with van der Waals surface area (Å²) in [5.74, 6) is 1.39. The van der Waals surface area contributed by atoms with Crippen molar-refractivity contribution in [2.24, 2.45) is 5.92 Å². The largest absolute Gasteiger partial charge is 0.490 e. The molecule has 178 valence electrons. The smallest absolute Gasteiger partial charge is 0.251 e. The Morgan fingerprint density at radius 3 is 2.58 bits per heavy atom. The van der Waals surface area contributed by atoms with E-state index in [9.17, 15) is 4.79 Å². The van der Waals surface area contributed by atoms with Crippen LogP contribution in [0.2, 0.25) is 0 Å². The molecule has 1 aromatic carbocycles. The number of aromatic nitrogens is 1. The van der Waals surface area contributed by atoms with Crippen molar-refractivity contribution in [3.05, 3.63) is 59.9 Å². The molecule has 4 rings (SSSR count). The number of hydrogen-bond acceptors (Lipinski definition) is 5. The minimum atomic E-state index is 0.00560. The van der Waals surface area contributed by atoms with Crippen LogP contribution in [0, 0.1) is 5.92 Å². The number of likely N-dealkylation sites (tertiary alicyclic amines) is 2. The van der Waals surface area contributed by atoms with Gasteiger partial charge >= 0.3 is 0 Å². The lowest BCUT2D eigenvalue weighted by Crippen LogP contribution is -2.43. The van der Waals surface area contributed by atoms with Gasteiger partial charge in [-0.05, 0) is 88.4 Å². The molecule has 2 saturated heterocycles. The fourth-order valence-corrected chi connectivity index (χ4v) is 4.86. The summed E-state index contributed by atoms with van der Waals surface area (Å²) >= 11 is 0. The molecule has 0 aliphatic carbocycles. The van der Waals surface area contributed by atoms with Crippen LogP contribution >= 0.6 is 0 Å². The second kappa shape index (κ2) is 11.6. The first kappa shape index (κ1) is 23.7. The molecule has 1 N–H and O–H groups in total. The van der Waals surface area contributed by atoms with E-state index in [1.165, 1.54) is 19.4 Å². The Labute approximate surface area is 198 Å². The first-order valence-corrected chi connectivity index (χ1v) is 12.5. The molecule has 2 fully saturated rings. The van der Waals surface area contributed by atoms with Crippen LogP contribution in [0.25, 0.3) is 0 Å². The van der Waals surface area contributed by atoms with Crippen LogP contribution in [0.15, 0.2) is 48.7 Å². The number of carbonyl (C=O) groups excluding carboxylic acids is 1. The normalized spacial score (nSPS) is 20.6. The van der Waals surface area contributed by atoms with Crippen LogP contribution in [0.5, 0.6) is 5.75 Å². The van der Waals surface area contributed by atoms with E-state index in [0.717, 1.165) is 57.0 Å². The van der Waals surface area contributed by atoms with Gasteiger partial charge in [0.15, 0.2) is 0 Å². The molecule has 1 atom stereocenters. The number of benzene rings is 1. The number of piperidine rings is 2. The fraction of sp³-hybridized carbons (Fsp3) is 0.556. The van der Waals surface area contributed by atoms with Crippen LogP contribution in [0.1, 0.15) is 55.6 Å². The van der Waals surface area contributed by atoms with Crippen LogP contribution < -0.4 is 10.1 Å². The molecule has 2 aliphatic rings. The van der Waals surface area contributed by atoms with Crippen LogP contribution in [0.3, 0.4) is 0 Å². The zero-order valence-corrected chi connectivity index (χ0v) is 20.1. The van der Waals surface area contributed by atoms with Gasteiger partial charge in [0.05, 0.1) is 5.69 Å². The molecule has 0 bridgehead atoms. The summed E-state index contributed by atoms with van der Waals surface area (Å²) in [5, 5.41) is 3.14. The number of pyridine rings is 1. The van der Waals surface area contributed by atoms with Gasteiger partial charge in [-0.25, -0.2) is 0 Å². The van der Waals surface area contributed by atoms with Crippen molar-refractivity contribution in [1.82, 2.24) is 20.1 Å². The maximum absolute atomic E-state index is 12.6. The number of nitrogens with one attached hydrogen (secondary N) is 1. The third-order valence-electron chi connectivity index (χ3n) is 6.90. The number of carbonyl (C=O) groups is 1. The van der Waals surface area contributed by atoms with Crippen molar-refractivity contribution in [3.63, 3.8) is 0 Å². The number of hydrogen-bond donors (Lipinski definition) is 1. The first-order chi connectivity index (χ1) is 16.1. The monoisotopic (exact) mass is 450 g/mol. The highest BCUT2D eigenvalue weighted by molar-refractivity contribution is 5.94. The number of ether oxygens (including phenoxy) is 1. The topological polar surface area (TPSA) is 57.7 Å². The molecule has 1 amide bonds. The molecule has 0 unspecified atom stereocenters. The second-order valence-corrected chi connectivity index (χ2v) is 9.75. The highest BCUT2D eigenvalue weighted by Crippen LogP contribution is 2.21. The molecule has 33 heavy (non-hydrogen) atoms. The van der Waals surface area contributed by atoms with Crippen molar-refractivity contribution in [1.29, 1.82) is 0 Å². The quantitative estimate of drug-likeness (QED) is 0.659. The van der Waals surface area contributed by atoms with Gasteiger partial charge in [0.25, 0.3) is 5.91 Å². The molecule has 0 spiro atoms. The van der Waals surface area contributed by atoms with Gasteiger partial charge in [-0.1, -0.05) is 6.07 Å². The van der Waals surface area contributed by atoms with E-state index < -0.39 is 0 Å². The Morgan fingerprint density at radius 2 is 1.88 bits per heavy atom. The van der Waals surface area contributed by atoms with Crippen molar-refractivity contribution in [3.8, 4) is 5.75 Å². The fourth-order valence-electron chi connectivity index (χ4n) is 4.86. The Balaban J connectivity index is 1.19. The SMILES string of the molecule is CC(C)N1CCC[C@H](CNC(=O)c2ccc(OC3CCN(Cc4ccccn4)CC3)cc2)C1. The van der Waals surface area contributed by atoms with Crippen molar-refractivity contribution >= 4 is 5.91 Å². The summed E-state index contributed by atoms with van der Waals surface area (Å²) in [6.07, 6.45) is 6.49. The number of rotatable bonds is 8. The molecule has 6 heteroatoms. The third kappa shape index (κ3) is 7.02. The van der Waals surface area contributed by atoms with E-state index in [1.807, 2.05) is 42.6 Å². The van der Waals surface area contributed by atoms with E-state index in [0.29, 0.717) is 17.5 Å². The number of amides is 1. The maximum atomic E-state index is 12.6. The molecule has 1 aromatic heterocycles. The summed E-state index contributed by atoms with van der Waals surface area (Å²) in [5.41, 5.74) is 1.82. The van der Waals surface area contributed by atoms with E-state index in [2.05, 4.69) is 40.0 Å². The molecule has 0 saturated carbocycles. The van der Waals surface area contributed by atoms with E-state index >= 15 is 0 Å². The van der Waals surface area contributed by atoms with Gasteiger partial charge in [0.2, 0.25) is 0 Å². The van der Waals surface area contributed by atoms with E-state index in [4.69, 9.17) is 4.74 Å². The van der Waals surface area contributed by atoms with Crippen LogP contribution in [0.4, 0.5) is 0 Å². The molecular weight excluding hydrogens is 412 g/mol. The molecular formula is C27H38N4O2. The average molecular weight is 451 g/mol. The lowest BCUT2D eigenvalue weighted by Gasteiger charge is -2.35. The second-order valence-electron chi connectivity index (χ2n) is 9.75. The van der Waals surface area contributed by atoms with E-state index in [1.54, 1.807) is 0 Å². The van der Waals surface area contributed by atoms with Gasteiger partial charge in [-0.3, -0.25) is 14.7 Å². The van der Waals surface area contributed by atoms with Crippen molar-refractivity contribution in [2.45, 2.75) is 58.2 Å². The predicted molar refractivity (Wildman–Crippen MR) is 131 cm³/mol. The van der Waals surface area contributed by atoms with Gasteiger partial charge in [-0.15, -0.1) is 0 Å². The molecule has 0 radical (unpaired) electrons. The Morgan fingerprint density at radius 1 is 1.09 bits per heavy atom. The van der Waals surface area contributed by atoms with Crippen molar-refractivity contribution in [2.75, 3.05) is 32.7 Å². The van der Waals surface area contributed by atoms with Gasteiger partial charge in [-0.2, -0.15) is 0 Å². The molecule has 3 heterocycles. The minimum absolute atomic E-state index is 0.00560. The third-order valence-corrected chi connectivity index (χ3v) is 6.90. The van der Waals surface area contributed by atoms with E-state index in [-0.39, 0.29) is 12.0 Å². The molecule has 2 aliphatic heterocycles. The zero-order valence-electron chi connectivity index (χ0n) is 20.1. The number of nitrogens with zero attached hydrogens (tertiary/aromatic N) is 3. The summed E-state index contributed by atoms with van der Waals surface area (Å²) in [6, 6.07) is 14.3. The molecule has 6 nitrogen and oxygen atoms in total. The highest BCUT2D eigenvalue weighted by Gasteiger charge is 2.23. The first-order valence-electron chi connectivity index (χ1n) is 12.5. The molecule has 2 aromatic rings. The van der Waals surface area contributed by atoms with Gasteiger partial charge in [0, 0.05) is 50.5 Å². The van der Waals surface area contributed by atoms with Gasteiger partial charge < -0.3 is 15.0 Å². The standard InChI is InChI=1S/C27H38N4O2/c1-21(2)31-15-5-6-22(19-31)18-29-27(32)23-8-10-25(11-9-23)33-26-12-16-30(17-13-26)20-24-7-3-4-14-28-24/h3-4,7-11,14,21-22,26H,5-6,12-13,15-20H2,1-2H3,(H,29,32)/t22-/m1/s1. The van der Waals surface area contributed by atoms with Crippen LogP contribution in [-0.4, -0.2) is 65.6 Å². The summed E-state index contributed by atoms with van der Waals surface area (Å²) < 4.78 is 6.20. The average Bonchev–Trinajstić information content (AvgIpc) is 2.85. The maximum Gasteiger partial charge on any atom is 0.251 e. The Bertz CT molecular complexity index is 863. The summed E-state index contributed by atoms with van der Waals surface area (Å²) in [6.45, 7) is 10.4. The summed E-state index contributed by atoms with van der Waals surface area (Å²) in [4.78, 5) is 22.0. The lowest BCUT2D eigenvalue weighted by molar-refractivity contribution is 0.0921. The summed E-state index contributed by atoms with van der Waals surface area (Å²) in [7, 11) is 0. The predicted octanol–water partition coefficient (Wildman–Crippen LogP) is 3.98. The Kier molecular flexibility index (Phi) is 8.35. The van der Waals surface area contributed by atoms with Crippen molar-refractivity contribution < 1.29 is 9.53 Å². The van der Waals surface area contributed by atoms with Gasteiger partial charge in [0.1, 0.15) is 11.9 Å². The highest BCUT2D eigenvalue weighted by atomic mass is 16.5. The minimum Gasteiger partial charge on any atom is -0.490 e.